The van der Waals surface area contributed by atoms with Crippen molar-refractivity contribution >= 4 is 17.7 Å². The Morgan fingerprint density at radius 1 is 1.27 bits per heavy atom. The Morgan fingerprint density at radius 3 is 2.85 bits per heavy atom. The molecule has 5 heteroatoms. The summed E-state index contributed by atoms with van der Waals surface area (Å²) in [5.41, 5.74) is 1.01. The molecule has 0 aromatic heterocycles. The van der Waals surface area contributed by atoms with Gasteiger partial charge in [0.15, 0.2) is 0 Å². The number of hydrogen-bond donors (Lipinski definition) is 2. The van der Waals surface area contributed by atoms with E-state index in [1.807, 2.05) is 48.5 Å². The Labute approximate surface area is 159 Å². The summed E-state index contributed by atoms with van der Waals surface area (Å²) in [6, 6.07) is 15.8. The average Bonchev–Trinajstić information content (AvgIpc) is 2.67. The number of carbonyl (C=O) groups excluding carboxylic acids is 1. The molecule has 0 aliphatic heterocycles. The molecule has 26 heavy (non-hydrogen) atoms. The zero-order chi connectivity index (χ0) is 18.4. The van der Waals surface area contributed by atoms with Crippen LogP contribution in [0.4, 0.5) is 0 Å². The minimum absolute atomic E-state index is 0.0255. The third kappa shape index (κ3) is 4.59. The predicted molar refractivity (Wildman–Crippen MR) is 105 cm³/mol. The molecule has 1 aliphatic carbocycles. The van der Waals surface area contributed by atoms with Crippen molar-refractivity contribution in [1.29, 1.82) is 0 Å². The summed E-state index contributed by atoms with van der Waals surface area (Å²) in [7, 11) is 1.64. The first-order valence-electron chi connectivity index (χ1n) is 8.95. The van der Waals surface area contributed by atoms with Gasteiger partial charge in [-0.2, -0.15) is 0 Å². The fraction of sp³-hybridized carbons (Fsp3) is 0.381. The highest BCUT2D eigenvalue weighted by molar-refractivity contribution is 7.99. The molecule has 0 radical (unpaired) electrons. The number of thioether (sulfide) groups is 1. The molecule has 1 atom stereocenters. The van der Waals surface area contributed by atoms with Crippen LogP contribution in [0.1, 0.15) is 30.4 Å². The Hall–Kier alpha value is -1.98. The molecule has 138 valence electrons. The van der Waals surface area contributed by atoms with Gasteiger partial charge in [0.1, 0.15) is 11.4 Å². The molecule has 0 spiro atoms. The van der Waals surface area contributed by atoms with E-state index in [1.54, 1.807) is 18.9 Å². The number of nitrogens with one attached hydrogen (secondary N) is 1. The van der Waals surface area contributed by atoms with Crippen LogP contribution in [0.25, 0.3) is 0 Å². The zero-order valence-corrected chi connectivity index (χ0v) is 15.8. The predicted octanol–water partition coefficient (Wildman–Crippen LogP) is 3.52. The number of aliphatic hydroxyl groups is 1. The molecule has 0 saturated heterocycles. The normalized spacial score (nSPS) is 18.8. The summed E-state index contributed by atoms with van der Waals surface area (Å²) in [5.74, 6) is 1.50. The van der Waals surface area contributed by atoms with Crippen molar-refractivity contribution in [3.8, 4) is 5.75 Å². The second-order valence-electron chi connectivity index (χ2n) is 6.60. The van der Waals surface area contributed by atoms with Gasteiger partial charge in [0, 0.05) is 17.1 Å². The molecular formula is C21H25NO3S. The summed E-state index contributed by atoms with van der Waals surface area (Å²) < 4.78 is 5.27. The fourth-order valence-corrected chi connectivity index (χ4v) is 4.23. The van der Waals surface area contributed by atoms with E-state index >= 15 is 0 Å². The van der Waals surface area contributed by atoms with E-state index in [-0.39, 0.29) is 12.5 Å². The fourth-order valence-electron chi connectivity index (χ4n) is 3.36. The van der Waals surface area contributed by atoms with Crippen LogP contribution >= 0.6 is 11.8 Å². The molecule has 3 rings (SSSR count). The SMILES string of the molecule is COc1ccc2c(c1)CCCC2(O)CNC(=O)CCSc1ccccc1. The number of aryl methyl sites for hydroxylation is 1. The van der Waals surface area contributed by atoms with Gasteiger partial charge in [-0.25, -0.2) is 0 Å². The summed E-state index contributed by atoms with van der Waals surface area (Å²) in [5, 5.41) is 14.0. The van der Waals surface area contributed by atoms with Crippen LogP contribution in [0.5, 0.6) is 5.75 Å². The molecule has 0 saturated carbocycles. The zero-order valence-electron chi connectivity index (χ0n) is 15.0. The summed E-state index contributed by atoms with van der Waals surface area (Å²) in [6.45, 7) is 0.251. The largest absolute Gasteiger partial charge is 0.497 e. The Balaban J connectivity index is 1.53. The highest BCUT2D eigenvalue weighted by atomic mass is 32.2. The Morgan fingerprint density at radius 2 is 2.08 bits per heavy atom. The number of hydrogen-bond acceptors (Lipinski definition) is 4. The first kappa shape index (κ1) is 18.8. The Bertz CT molecular complexity index is 750. The molecule has 2 aromatic rings. The van der Waals surface area contributed by atoms with E-state index in [2.05, 4.69) is 5.32 Å². The number of amides is 1. The molecule has 2 N–H and O–H groups in total. The number of methoxy groups -OCH3 is 1. The van der Waals surface area contributed by atoms with Crippen molar-refractivity contribution in [2.75, 3.05) is 19.4 Å². The van der Waals surface area contributed by atoms with Gasteiger partial charge in [0.05, 0.1) is 13.7 Å². The van der Waals surface area contributed by atoms with E-state index < -0.39 is 5.60 Å². The quantitative estimate of drug-likeness (QED) is 0.731. The molecule has 0 bridgehead atoms. The second kappa shape index (κ2) is 8.60. The van der Waals surface area contributed by atoms with Gasteiger partial charge in [-0.05, 0) is 54.7 Å². The van der Waals surface area contributed by atoms with Gasteiger partial charge in [-0.3, -0.25) is 4.79 Å². The third-order valence-corrected chi connectivity index (χ3v) is 5.78. The number of fused-ring (bicyclic) bond motifs is 1. The number of ether oxygens (including phenoxy) is 1. The molecule has 0 fully saturated rings. The lowest BCUT2D eigenvalue weighted by Crippen LogP contribution is -2.43. The van der Waals surface area contributed by atoms with Crippen molar-refractivity contribution in [2.24, 2.45) is 0 Å². The lowest BCUT2D eigenvalue weighted by molar-refractivity contribution is -0.122. The van der Waals surface area contributed by atoms with Gasteiger partial charge < -0.3 is 15.2 Å². The lowest BCUT2D eigenvalue weighted by Gasteiger charge is -2.35. The van der Waals surface area contributed by atoms with Crippen LogP contribution in [0.15, 0.2) is 53.4 Å². The van der Waals surface area contributed by atoms with Crippen LogP contribution in [0.3, 0.4) is 0 Å². The van der Waals surface area contributed by atoms with Crippen molar-refractivity contribution in [2.45, 2.75) is 36.2 Å². The maximum Gasteiger partial charge on any atom is 0.220 e. The van der Waals surface area contributed by atoms with Crippen molar-refractivity contribution in [1.82, 2.24) is 5.32 Å². The van der Waals surface area contributed by atoms with Gasteiger partial charge >= 0.3 is 0 Å². The standard InChI is InChI=1S/C21H25NO3S/c1-25-17-9-10-19-16(14-17)6-5-12-21(19,24)15-22-20(23)11-13-26-18-7-3-2-4-8-18/h2-4,7-10,14,24H,5-6,11-13,15H2,1H3,(H,22,23). The Kier molecular flexibility index (Phi) is 6.22. The number of benzene rings is 2. The van der Waals surface area contributed by atoms with Crippen LogP contribution in [0, 0.1) is 0 Å². The lowest BCUT2D eigenvalue weighted by atomic mass is 9.79. The number of rotatable bonds is 7. The minimum Gasteiger partial charge on any atom is -0.497 e. The van der Waals surface area contributed by atoms with E-state index in [0.29, 0.717) is 12.8 Å². The van der Waals surface area contributed by atoms with Crippen molar-refractivity contribution in [3.05, 3.63) is 59.7 Å². The van der Waals surface area contributed by atoms with Crippen molar-refractivity contribution < 1.29 is 14.6 Å². The first-order chi connectivity index (χ1) is 12.6. The average molecular weight is 372 g/mol. The maximum atomic E-state index is 12.2. The molecule has 4 nitrogen and oxygen atoms in total. The third-order valence-electron chi connectivity index (χ3n) is 4.77. The molecule has 0 heterocycles. The highest BCUT2D eigenvalue weighted by Gasteiger charge is 2.34. The monoisotopic (exact) mass is 371 g/mol. The van der Waals surface area contributed by atoms with E-state index in [1.165, 1.54) is 0 Å². The molecule has 1 unspecified atom stereocenters. The summed E-state index contributed by atoms with van der Waals surface area (Å²) in [6.07, 6.45) is 2.92. The molecular weight excluding hydrogens is 346 g/mol. The van der Waals surface area contributed by atoms with Gasteiger partial charge in [-0.1, -0.05) is 24.3 Å². The molecule has 2 aromatic carbocycles. The van der Waals surface area contributed by atoms with E-state index in [0.717, 1.165) is 40.4 Å². The topological polar surface area (TPSA) is 58.6 Å². The summed E-state index contributed by atoms with van der Waals surface area (Å²) >= 11 is 1.66. The first-order valence-corrected chi connectivity index (χ1v) is 9.93. The van der Waals surface area contributed by atoms with Crippen LogP contribution < -0.4 is 10.1 Å². The smallest absolute Gasteiger partial charge is 0.220 e. The van der Waals surface area contributed by atoms with E-state index in [4.69, 9.17) is 4.74 Å². The second-order valence-corrected chi connectivity index (χ2v) is 7.76. The number of carbonyl (C=O) groups is 1. The van der Waals surface area contributed by atoms with E-state index in [9.17, 15) is 9.90 Å². The van der Waals surface area contributed by atoms with Gasteiger partial charge in [-0.15, -0.1) is 11.8 Å². The summed E-state index contributed by atoms with van der Waals surface area (Å²) in [4.78, 5) is 13.3. The highest BCUT2D eigenvalue weighted by Crippen LogP contribution is 2.36. The van der Waals surface area contributed by atoms with Crippen LogP contribution in [-0.2, 0) is 16.8 Å². The van der Waals surface area contributed by atoms with Crippen LogP contribution in [-0.4, -0.2) is 30.4 Å². The molecule has 1 amide bonds. The van der Waals surface area contributed by atoms with Gasteiger partial charge in [0.2, 0.25) is 5.91 Å². The van der Waals surface area contributed by atoms with Crippen LogP contribution in [0.2, 0.25) is 0 Å². The van der Waals surface area contributed by atoms with Crippen molar-refractivity contribution in [3.63, 3.8) is 0 Å². The molecule has 1 aliphatic rings. The van der Waals surface area contributed by atoms with Gasteiger partial charge in [0.25, 0.3) is 0 Å². The maximum absolute atomic E-state index is 12.2. The minimum atomic E-state index is -0.998.